The number of hydrogen-bond donors (Lipinski definition) is 1. The Morgan fingerprint density at radius 2 is 1.87 bits per heavy atom. The Morgan fingerprint density at radius 1 is 1.04 bits per heavy atom. The molecular formula is C18H18N4O. The standard InChI is InChI=1S/C18H18N4O/c1-2-21-17-6-4-3-5-15(17)16-11-13(7-8-18(16)21)22-14(9-10-23)12-19-20-22/h3-8,11-12,23H,2,9-10H2,1H3. The maximum absolute atomic E-state index is 9.19. The van der Waals surface area contributed by atoms with Gasteiger partial charge in [0.05, 0.1) is 17.6 Å². The molecule has 0 aliphatic heterocycles. The molecule has 0 amide bonds. The van der Waals surface area contributed by atoms with Gasteiger partial charge in [0.25, 0.3) is 0 Å². The van der Waals surface area contributed by atoms with Gasteiger partial charge in [-0.3, -0.25) is 0 Å². The molecule has 2 aromatic heterocycles. The van der Waals surface area contributed by atoms with Crippen LogP contribution in [0, 0.1) is 0 Å². The highest BCUT2D eigenvalue weighted by atomic mass is 16.3. The Balaban J connectivity index is 1.97. The molecule has 1 N–H and O–H groups in total. The van der Waals surface area contributed by atoms with Crippen molar-refractivity contribution < 1.29 is 5.11 Å². The highest BCUT2D eigenvalue weighted by Gasteiger charge is 2.12. The number of aliphatic hydroxyl groups excluding tert-OH is 1. The van der Waals surface area contributed by atoms with Crippen molar-refractivity contribution in [1.82, 2.24) is 19.6 Å². The van der Waals surface area contributed by atoms with E-state index in [0.717, 1.165) is 17.9 Å². The predicted octanol–water partition coefficient (Wildman–Crippen LogP) is 2.93. The molecule has 4 rings (SSSR count). The fourth-order valence-corrected chi connectivity index (χ4v) is 3.27. The summed E-state index contributed by atoms with van der Waals surface area (Å²) in [6.45, 7) is 3.18. The van der Waals surface area contributed by atoms with Crippen LogP contribution in [-0.4, -0.2) is 31.3 Å². The molecule has 0 saturated heterocycles. The van der Waals surface area contributed by atoms with E-state index in [1.54, 1.807) is 10.9 Å². The van der Waals surface area contributed by atoms with Crippen LogP contribution in [0.15, 0.2) is 48.7 Å². The molecule has 23 heavy (non-hydrogen) atoms. The minimum atomic E-state index is 0.0881. The Kier molecular flexibility index (Phi) is 3.35. The van der Waals surface area contributed by atoms with Crippen molar-refractivity contribution in [1.29, 1.82) is 0 Å². The van der Waals surface area contributed by atoms with Gasteiger partial charge in [-0.15, -0.1) is 5.10 Å². The number of aliphatic hydroxyl groups is 1. The van der Waals surface area contributed by atoms with Crippen LogP contribution in [0.5, 0.6) is 0 Å². The second-order valence-electron chi connectivity index (χ2n) is 5.57. The van der Waals surface area contributed by atoms with Gasteiger partial charge in [0.1, 0.15) is 0 Å². The Bertz CT molecular complexity index is 983. The van der Waals surface area contributed by atoms with Crippen LogP contribution in [0.25, 0.3) is 27.5 Å². The smallest absolute Gasteiger partial charge is 0.0730 e. The molecule has 0 atom stereocenters. The highest BCUT2D eigenvalue weighted by molar-refractivity contribution is 6.08. The van der Waals surface area contributed by atoms with Gasteiger partial charge < -0.3 is 9.67 Å². The molecule has 0 aliphatic rings. The minimum Gasteiger partial charge on any atom is -0.396 e. The van der Waals surface area contributed by atoms with E-state index in [2.05, 4.69) is 64.3 Å². The van der Waals surface area contributed by atoms with E-state index >= 15 is 0 Å². The number of fused-ring (bicyclic) bond motifs is 3. The summed E-state index contributed by atoms with van der Waals surface area (Å²) in [5.74, 6) is 0. The average Bonchev–Trinajstić information content (AvgIpc) is 3.17. The van der Waals surface area contributed by atoms with Crippen molar-refractivity contribution in [3.63, 3.8) is 0 Å². The van der Waals surface area contributed by atoms with Crippen molar-refractivity contribution in [3.8, 4) is 5.69 Å². The monoisotopic (exact) mass is 306 g/mol. The molecule has 4 aromatic rings. The summed E-state index contributed by atoms with van der Waals surface area (Å²) < 4.78 is 4.12. The summed E-state index contributed by atoms with van der Waals surface area (Å²) in [6, 6.07) is 14.8. The van der Waals surface area contributed by atoms with Gasteiger partial charge in [0, 0.05) is 41.4 Å². The molecule has 0 radical (unpaired) electrons. The molecule has 0 unspecified atom stereocenters. The Morgan fingerprint density at radius 3 is 2.70 bits per heavy atom. The van der Waals surface area contributed by atoms with Gasteiger partial charge in [0.2, 0.25) is 0 Å². The maximum atomic E-state index is 9.19. The topological polar surface area (TPSA) is 55.9 Å². The van der Waals surface area contributed by atoms with Gasteiger partial charge in [-0.25, -0.2) is 4.68 Å². The quantitative estimate of drug-likeness (QED) is 0.630. The maximum Gasteiger partial charge on any atom is 0.0730 e. The predicted molar refractivity (Wildman–Crippen MR) is 90.8 cm³/mol. The molecule has 5 heteroatoms. The van der Waals surface area contributed by atoms with Crippen LogP contribution in [0.2, 0.25) is 0 Å². The third-order valence-electron chi connectivity index (χ3n) is 4.30. The molecule has 116 valence electrons. The van der Waals surface area contributed by atoms with E-state index in [4.69, 9.17) is 0 Å². The van der Waals surface area contributed by atoms with Crippen molar-refractivity contribution in [2.24, 2.45) is 0 Å². The summed E-state index contributed by atoms with van der Waals surface area (Å²) in [5.41, 5.74) is 4.35. The third kappa shape index (κ3) is 2.12. The molecule has 0 bridgehead atoms. The molecule has 2 aromatic carbocycles. The lowest BCUT2D eigenvalue weighted by Crippen LogP contribution is -2.04. The van der Waals surface area contributed by atoms with Crippen LogP contribution in [0.4, 0.5) is 0 Å². The van der Waals surface area contributed by atoms with Gasteiger partial charge in [-0.05, 0) is 31.2 Å². The van der Waals surface area contributed by atoms with Crippen LogP contribution >= 0.6 is 0 Å². The second kappa shape index (κ2) is 5.52. The lowest BCUT2D eigenvalue weighted by atomic mass is 10.1. The van der Waals surface area contributed by atoms with Crippen LogP contribution < -0.4 is 0 Å². The van der Waals surface area contributed by atoms with Gasteiger partial charge >= 0.3 is 0 Å². The van der Waals surface area contributed by atoms with E-state index in [1.807, 2.05) is 0 Å². The highest BCUT2D eigenvalue weighted by Crippen LogP contribution is 2.30. The lowest BCUT2D eigenvalue weighted by molar-refractivity contribution is 0.297. The zero-order valence-corrected chi connectivity index (χ0v) is 13.0. The fourth-order valence-electron chi connectivity index (χ4n) is 3.27. The summed E-state index contributed by atoms with van der Waals surface area (Å²) in [4.78, 5) is 0. The Hall–Kier alpha value is -2.66. The first-order chi connectivity index (χ1) is 11.3. The summed E-state index contributed by atoms with van der Waals surface area (Å²) in [5, 5.41) is 19.8. The van der Waals surface area contributed by atoms with E-state index < -0.39 is 0 Å². The molecule has 0 spiro atoms. The number of nitrogens with zero attached hydrogens (tertiary/aromatic N) is 4. The number of rotatable bonds is 4. The van der Waals surface area contributed by atoms with E-state index in [1.165, 1.54) is 21.8 Å². The van der Waals surface area contributed by atoms with Crippen LogP contribution in [0.1, 0.15) is 12.6 Å². The lowest BCUT2D eigenvalue weighted by Gasteiger charge is -2.06. The van der Waals surface area contributed by atoms with Crippen molar-refractivity contribution in [2.45, 2.75) is 19.9 Å². The summed E-state index contributed by atoms with van der Waals surface area (Å²) >= 11 is 0. The zero-order valence-electron chi connectivity index (χ0n) is 13.0. The number of benzene rings is 2. The molecule has 0 fully saturated rings. The average molecular weight is 306 g/mol. The van der Waals surface area contributed by atoms with Crippen molar-refractivity contribution in [2.75, 3.05) is 6.61 Å². The summed E-state index contributed by atoms with van der Waals surface area (Å²) in [6.07, 6.45) is 2.25. The van der Waals surface area contributed by atoms with E-state index in [0.29, 0.717) is 6.42 Å². The second-order valence-corrected chi connectivity index (χ2v) is 5.57. The minimum absolute atomic E-state index is 0.0881. The first-order valence-electron chi connectivity index (χ1n) is 7.85. The largest absolute Gasteiger partial charge is 0.396 e. The zero-order chi connectivity index (χ0) is 15.8. The summed E-state index contributed by atoms with van der Waals surface area (Å²) in [7, 11) is 0. The normalized spacial score (nSPS) is 11.6. The molecule has 0 saturated carbocycles. The molecule has 0 aliphatic carbocycles. The van der Waals surface area contributed by atoms with Crippen molar-refractivity contribution >= 4 is 21.8 Å². The van der Waals surface area contributed by atoms with E-state index in [-0.39, 0.29) is 6.61 Å². The number of hydrogen-bond acceptors (Lipinski definition) is 3. The van der Waals surface area contributed by atoms with Crippen molar-refractivity contribution in [3.05, 3.63) is 54.4 Å². The fraction of sp³-hybridized carbons (Fsp3) is 0.222. The number of para-hydroxylation sites is 1. The third-order valence-corrected chi connectivity index (χ3v) is 4.30. The number of aryl methyl sites for hydroxylation is 1. The van der Waals surface area contributed by atoms with Gasteiger partial charge in [0.15, 0.2) is 0 Å². The first-order valence-corrected chi connectivity index (χ1v) is 7.85. The van der Waals surface area contributed by atoms with E-state index in [9.17, 15) is 5.11 Å². The molecule has 5 nitrogen and oxygen atoms in total. The number of aromatic nitrogens is 4. The van der Waals surface area contributed by atoms with Crippen LogP contribution in [-0.2, 0) is 13.0 Å². The first kappa shape index (κ1) is 14.0. The molecule has 2 heterocycles. The SMILES string of the molecule is CCn1c2ccccc2c2cc(-n3nncc3CCO)ccc21. The Labute approximate surface area is 133 Å². The van der Waals surface area contributed by atoms with Gasteiger partial charge in [-0.2, -0.15) is 0 Å². The van der Waals surface area contributed by atoms with Crippen LogP contribution in [0.3, 0.4) is 0 Å². The molecular weight excluding hydrogens is 288 g/mol. The van der Waals surface area contributed by atoms with Gasteiger partial charge in [-0.1, -0.05) is 23.4 Å².